The van der Waals surface area contributed by atoms with E-state index in [1.807, 2.05) is 18.7 Å². The second-order valence-corrected chi connectivity index (χ2v) is 4.86. The summed E-state index contributed by atoms with van der Waals surface area (Å²) in [5.74, 6) is -0.411. The number of carbonyl (C=O) groups excluding carboxylic acids is 2. The number of nitrogens with zero attached hydrogens (tertiary/aromatic N) is 1. The number of ether oxygens (including phenoxy) is 2. The van der Waals surface area contributed by atoms with Crippen LogP contribution in [0.3, 0.4) is 0 Å². The fourth-order valence-corrected chi connectivity index (χ4v) is 2.22. The highest BCUT2D eigenvalue weighted by Crippen LogP contribution is 2.18. The highest BCUT2D eigenvalue weighted by atomic mass is 16.5. The van der Waals surface area contributed by atoms with Gasteiger partial charge in [-0.2, -0.15) is 0 Å². The molecule has 1 fully saturated rings. The summed E-state index contributed by atoms with van der Waals surface area (Å²) in [5.41, 5.74) is 0. The van der Waals surface area contributed by atoms with Crippen molar-refractivity contribution in [1.29, 1.82) is 0 Å². The Kier molecular flexibility index (Phi) is 6.12. The lowest BCUT2D eigenvalue weighted by Gasteiger charge is -2.33. The van der Waals surface area contributed by atoms with E-state index < -0.39 is 0 Å². The molecule has 0 unspecified atom stereocenters. The minimum atomic E-state index is -0.209. The summed E-state index contributed by atoms with van der Waals surface area (Å²) >= 11 is 0. The SMILES string of the molecule is COC(=O)[C@H]1CCCCN1CCC(=O)OC(C)C. The second kappa shape index (κ2) is 7.36. The number of methoxy groups -OCH3 is 1. The van der Waals surface area contributed by atoms with Gasteiger partial charge in [0.15, 0.2) is 0 Å². The van der Waals surface area contributed by atoms with E-state index in [0.717, 1.165) is 25.8 Å². The van der Waals surface area contributed by atoms with Crippen LogP contribution in [0, 0.1) is 0 Å². The molecule has 1 saturated heterocycles. The molecule has 0 amide bonds. The number of carbonyl (C=O) groups is 2. The van der Waals surface area contributed by atoms with Crippen LogP contribution in [0.1, 0.15) is 39.5 Å². The molecule has 0 N–H and O–H groups in total. The molecule has 0 aromatic carbocycles. The van der Waals surface area contributed by atoms with Crippen LogP contribution in [-0.2, 0) is 19.1 Å². The molecule has 0 aliphatic carbocycles. The lowest BCUT2D eigenvalue weighted by atomic mass is 10.0. The Morgan fingerprint density at radius 1 is 1.33 bits per heavy atom. The van der Waals surface area contributed by atoms with Gasteiger partial charge in [0.2, 0.25) is 0 Å². The van der Waals surface area contributed by atoms with Crippen molar-refractivity contribution >= 4 is 11.9 Å². The van der Waals surface area contributed by atoms with Crippen molar-refractivity contribution < 1.29 is 19.1 Å². The van der Waals surface area contributed by atoms with Gasteiger partial charge in [0.1, 0.15) is 6.04 Å². The zero-order chi connectivity index (χ0) is 13.5. The van der Waals surface area contributed by atoms with Crippen molar-refractivity contribution in [1.82, 2.24) is 4.90 Å². The molecule has 1 aliphatic rings. The largest absolute Gasteiger partial charge is 0.468 e. The summed E-state index contributed by atoms with van der Waals surface area (Å²) < 4.78 is 9.88. The second-order valence-electron chi connectivity index (χ2n) is 4.86. The molecule has 0 bridgehead atoms. The third-order valence-electron chi connectivity index (χ3n) is 3.06. The molecule has 0 radical (unpaired) electrons. The number of piperidine rings is 1. The lowest BCUT2D eigenvalue weighted by molar-refractivity contribution is -0.152. The summed E-state index contributed by atoms with van der Waals surface area (Å²) in [6.07, 6.45) is 3.15. The van der Waals surface area contributed by atoms with Crippen molar-refractivity contribution in [2.24, 2.45) is 0 Å². The van der Waals surface area contributed by atoms with E-state index in [0.29, 0.717) is 13.0 Å². The van der Waals surface area contributed by atoms with E-state index in [1.54, 1.807) is 0 Å². The van der Waals surface area contributed by atoms with Crippen molar-refractivity contribution in [2.75, 3.05) is 20.2 Å². The van der Waals surface area contributed by atoms with Gasteiger partial charge in [-0.25, -0.2) is 0 Å². The zero-order valence-electron chi connectivity index (χ0n) is 11.5. The summed E-state index contributed by atoms with van der Waals surface area (Å²) in [5, 5.41) is 0. The molecule has 1 atom stereocenters. The third kappa shape index (κ3) is 4.64. The Bertz CT molecular complexity index is 291. The van der Waals surface area contributed by atoms with E-state index in [9.17, 15) is 9.59 Å². The maximum atomic E-state index is 11.6. The molecule has 0 spiro atoms. The summed E-state index contributed by atoms with van der Waals surface area (Å²) in [7, 11) is 1.40. The van der Waals surface area contributed by atoms with E-state index in [4.69, 9.17) is 9.47 Å². The quantitative estimate of drug-likeness (QED) is 0.696. The first-order valence-electron chi connectivity index (χ1n) is 6.56. The minimum absolute atomic E-state index is 0.0877. The van der Waals surface area contributed by atoms with Gasteiger partial charge in [0, 0.05) is 6.54 Å². The molecule has 5 nitrogen and oxygen atoms in total. The minimum Gasteiger partial charge on any atom is -0.468 e. The highest BCUT2D eigenvalue weighted by Gasteiger charge is 2.29. The molecule has 1 aliphatic heterocycles. The first-order chi connectivity index (χ1) is 8.54. The molecular weight excluding hydrogens is 234 g/mol. The predicted molar refractivity (Wildman–Crippen MR) is 67.1 cm³/mol. The van der Waals surface area contributed by atoms with Gasteiger partial charge in [-0.05, 0) is 33.2 Å². The van der Waals surface area contributed by atoms with Gasteiger partial charge < -0.3 is 9.47 Å². The van der Waals surface area contributed by atoms with Gasteiger partial charge >= 0.3 is 11.9 Å². The first kappa shape index (κ1) is 15.0. The lowest BCUT2D eigenvalue weighted by Crippen LogP contribution is -2.46. The average molecular weight is 257 g/mol. The molecule has 0 aromatic rings. The van der Waals surface area contributed by atoms with Crippen LogP contribution in [0.15, 0.2) is 0 Å². The molecule has 104 valence electrons. The number of rotatable bonds is 5. The monoisotopic (exact) mass is 257 g/mol. The van der Waals surface area contributed by atoms with Crippen LogP contribution in [0.4, 0.5) is 0 Å². The van der Waals surface area contributed by atoms with Crippen molar-refractivity contribution in [3.63, 3.8) is 0 Å². The van der Waals surface area contributed by atoms with Crippen molar-refractivity contribution in [2.45, 2.75) is 51.7 Å². The van der Waals surface area contributed by atoms with Gasteiger partial charge in [-0.3, -0.25) is 14.5 Å². The van der Waals surface area contributed by atoms with Crippen LogP contribution in [0.2, 0.25) is 0 Å². The zero-order valence-corrected chi connectivity index (χ0v) is 11.5. The van der Waals surface area contributed by atoms with Crippen LogP contribution in [0.5, 0.6) is 0 Å². The summed E-state index contributed by atoms with van der Waals surface area (Å²) in [6, 6.07) is -0.199. The fourth-order valence-electron chi connectivity index (χ4n) is 2.22. The Morgan fingerprint density at radius 3 is 2.67 bits per heavy atom. The van der Waals surface area contributed by atoms with Crippen molar-refractivity contribution in [3.05, 3.63) is 0 Å². The average Bonchev–Trinajstić information content (AvgIpc) is 2.35. The smallest absolute Gasteiger partial charge is 0.323 e. The maximum Gasteiger partial charge on any atom is 0.323 e. The number of esters is 2. The van der Waals surface area contributed by atoms with Crippen molar-refractivity contribution in [3.8, 4) is 0 Å². The first-order valence-corrected chi connectivity index (χ1v) is 6.56. The highest BCUT2D eigenvalue weighted by molar-refractivity contribution is 5.76. The van der Waals surface area contributed by atoms with E-state index in [1.165, 1.54) is 7.11 Å². The number of likely N-dealkylation sites (tertiary alicyclic amines) is 1. The van der Waals surface area contributed by atoms with Gasteiger partial charge in [0.05, 0.1) is 19.6 Å². The van der Waals surface area contributed by atoms with Crippen LogP contribution in [-0.4, -0.2) is 49.2 Å². The molecule has 18 heavy (non-hydrogen) atoms. The standard InChI is InChI=1S/C13H23NO4/c1-10(2)18-12(15)7-9-14-8-5-4-6-11(14)13(16)17-3/h10-11H,4-9H2,1-3H3/t11-/m1/s1. The van der Waals surface area contributed by atoms with Gasteiger partial charge in [-0.1, -0.05) is 6.42 Å². The number of hydrogen-bond acceptors (Lipinski definition) is 5. The molecular formula is C13H23NO4. The topological polar surface area (TPSA) is 55.8 Å². The van der Waals surface area contributed by atoms with Crippen LogP contribution in [0.25, 0.3) is 0 Å². The molecule has 5 heteroatoms. The Hall–Kier alpha value is -1.10. The molecule has 1 heterocycles. The van der Waals surface area contributed by atoms with Gasteiger partial charge in [-0.15, -0.1) is 0 Å². The van der Waals surface area contributed by atoms with E-state index in [-0.39, 0.29) is 24.1 Å². The Labute approximate surface area is 108 Å². The molecule has 0 saturated carbocycles. The van der Waals surface area contributed by atoms with E-state index in [2.05, 4.69) is 0 Å². The fraction of sp³-hybridized carbons (Fsp3) is 0.846. The maximum absolute atomic E-state index is 11.6. The number of hydrogen-bond donors (Lipinski definition) is 0. The summed E-state index contributed by atoms with van der Waals surface area (Å²) in [4.78, 5) is 25.1. The molecule has 1 rings (SSSR count). The predicted octanol–water partition coefficient (Wildman–Crippen LogP) is 1.36. The Balaban J connectivity index is 2.42. The Morgan fingerprint density at radius 2 is 2.06 bits per heavy atom. The summed E-state index contributed by atoms with van der Waals surface area (Å²) in [6.45, 7) is 5.06. The normalized spacial score (nSPS) is 20.8. The van der Waals surface area contributed by atoms with Crippen LogP contribution >= 0.6 is 0 Å². The van der Waals surface area contributed by atoms with Crippen LogP contribution < -0.4 is 0 Å². The van der Waals surface area contributed by atoms with Gasteiger partial charge in [0.25, 0.3) is 0 Å². The van der Waals surface area contributed by atoms with E-state index >= 15 is 0 Å². The molecule has 0 aromatic heterocycles. The third-order valence-corrected chi connectivity index (χ3v) is 3.06.